The number of aryl methyl sites for hydroxylation is 2. The molecule has 4 aromatic rings. The Hall–Kier alpha value is -2.32. The van der Waals surface area contributed by atoms with Gasteiger partial charge < -0.3 is 4.98 Å². The van der Waals surface area contributed by atoms with Gasteiger partial charge in [-0.1, -0.05) is 60.1 Å². The molecule has 0 aliphatic carbocycles. The molecule has 3 heteroatoms. The summed E-state index contributed by atoms with van der Waals surface area (Å²) in [7, 11) is 0. The van der Waals surface area contributed by atoms with Crippen LogP contribution in [0.4, 0.5) is 0 Å². The summed E-state index contributed by atoms with van der Waals surface area (Å²) in [5.41, 5.74) is 3.28. The Morgan fingerprint density at radius 1 is 0.870 bits per heavy atom. The minimum Gasteiger partial charge on any atom is -0.342 e. The van der Waals surface area contributed by atoms with E-state index in [1.54, 1.807) is 0 Å². The van der Waals surface area contributed by atoms with Gasteiger partial charge >= 0.3 is 0 Å². The van der Waals surface area contributed by atoms with E-state index >= 15 is 0 Å². The van der Waals surface area contributed by atoms with Crippen LogP contribution in [-0.4, -0.2) is 9.97 Å². The van der Waals surface area contributed by atoms with Crippen LogP contribution in [-0.2, 0) is 12.8 Å². The summed E-state index contributed by atoms with van der Waals surface area (Å²) in [4.78, 5) is 7.98. The van der Waals surface area contributed by atoms with Crippen LogP contribution >= 0.6 is 11.6 Å². The minimum atomic E-state index is 0.707. The molecule has 1 aromatic heterocycles. The van der Waals surface area contributed by atoms with Crippen LogP contribution < -0.4 is 0 Å². The predicted molar refractivity (Wildman–Crippen MR) is 97.1 cm³/mol. The number of hydrogen-bond acceptors (Lipinski definition) is 1. The van der Waals surface area contributed by atoms with Gasteiger partial charge in [0, 0.05) is 6.42 Å². The molecule has 0 saturated heterocycles. The number of halogens is 1. The van der Waals surface area contributed by atoms with E-state index in [9.17, 15) is 0 Å². The van der Waals surface area contributed by atoms with Crippen LogP contribution in [0.3, 0.4) is 0 Å². The molecule has 0 aliphatic heterocycles. The molecular formula is C20H17ClN2. The Labute approximate surface area is 140 Å². The predicted octanol–water partition coefficient (Wildman–Crippen LogP) is 5.54. The lowest BCUT2D eigenvalue weighted by Crippen LogP contribution is -1.93. The maximum atomic E-state index is 6.18. The van der Waals surface area contributed by atoms with Crippen molar-refractivity contribution in [3.05, 3.63) is 77.1 Å². The van der Waals surface area contributed by atoms with Crippen molar-refractivity contribution in [2.75, 3.05) is 0 Å². The van der Waals surface area contributed by atoms with Crippen LogP contribution in [0.1, 0.15) is 17.8 Å². The van der Waals surface area contributed by atoms with E-state index in [-0.39, 0.29) is 0 Å². The van der Waals surface area contributed by atoms with Gasteiger partial charge in [0.25, 0.3) is 0 Å². The van der Waals surface area contributed by atoms with Crippen molar-refractivity contribution in [1.29, 1.82) is 0 Å². The maximum absolute atomic E-state index is 6.18. The number of hydrogen-bond donors (Lipinski definition) is 1. The third-order valence-corrected chi connectivity index (χ3v) is 4.56. The molecule has 0 bridgehead atoms. The first-order valence-electron chi connectivity index (χ1n) is 7.91. The molecule has 0 unspecified atom stereocenters. The first-order valence-corrected chi connectivity index (χ1v) is 8.29. The van der Waals surface area contributed by atoms with Crippen molar-refractivity contribution < 1.29 is 0 Å². The summed E-state index contributed by atoms with van der Waals surface area (Å²) < 4.78 is 0. The fraction of sp³-hybridized carbons (Fsp3) is 0.150. The molecule has 0 amide bonds. The van der Waals surface area contributed by atoms with E-state index in [1.165, 1.54) is 16.3 Å². The zero-order valence-corrected chi connectivity index (χ0v) is 13.5. The van der Waals surface area contributed by atoms with Gasteiger partial charge in [-0.25, -0.2) is 4.98 Å². The van der Waals surface area contributed by atoms with E-state index in [0.717, 1.165) is 36.1 Å². The van der Waals surface area contributed by atoms with Gasteiger partial charge in [-0.2, -0.15) is 0 Å². The highest BCUT2D eigenvalue weighted by molar-refractivity contribution is 6.34. The average Bonchev–Trinajstić information content (AvgIpc) is 3.00. The monoisotopic (exact) mass is 320 g/mol. The molecule has 23 heavy (non-hydrogen) atoms. The average molecular weight is 321 g/mol. The molecule has 3 aromatic carbocycles. The maximum Gasteiger partial charge on any atom is 0.107 e. The third-order valence-electron chi connectivity index (χ3n) is 4.25. The molecule has 4 rings (SSSR count). The topological polar surface area (TPSA) is 28.7 Å². The molecule has 0 saturated carbocycles. The third kappa shape index (κ3) is 2.82. The number of nitrogens with one attached hydrogen (secondary N) is 1. The summed E-state index contributed by atoms with van der Waals surface area (Å²) >= 11 is 6.18. The van der Waals surface area contributed by atoms with Gasteiger partial charge in [0.05, 0.1) is 10.5 Å². The molecule has 0 atom stereocenters. The quantitative estimate of drug-likeness (QED) is 0.525. The van der Waals surface area contributed by atoms with Crippen molar-refractivity contribution in [2.45, 2.75) is 19.3 Å². The van der Waals surface area contributed by atoms with Crippen LogP contribution in [0.2, 0.25) is 5.02 Å². The van der Waals surface area contributed by atoms with Gasteiger partial charge in [0.1, 0.15) is 11.3 Å². The molecule has 0 radical (unpaired) electrons. The fourth-order valence-corrected chi connectivity index (χ4v) is 3.34. The summed E-state index contributed by atoms with van der Waals surface area (Å²) in [6, 6.07) is 20.9. The van der Waals surface area contributed by atoms with E-state index < -0.39 is 0 Å². The highest BCUT2D eigenvalue weighted by atomic mass is 35.5. The number of H-pyrrole nitrogens is 1. The lowest BCUT2D eigenvalue weighted by atomic mass is 10.0. The molecule has 2 nitrogen and oxygen atoms in total. The molecule has 1 heterocycles. The Balaban J connectivity index is 1.51. The number of aromatic amines is 1. The van der Waals surface area contributed by atoms with Crippen LogP contribution in [0, 0.1) is 0 Å². The molecule has 0 spiro atoms. The summed E-state index contributed by atoms with van der Waals surface area (Å²) in [6.07, 6.45) is 3.03. The summed E-state index contributed by atoms with van der Waals surface area (Å²) in [5.74, 6) is 1.01. The van der Waals surface area contributed by atoms with Crippen molar-refractivity contribution in [3.8, 4) is 0 Å². The Bertz CT molecular complexity index is 966. The highest BCUT2D eigenvalue weighted by Gasteiger charge is 2.06. The molecule has 0 aliphatic rings. The number of aromatic nitrogens is 2. The van der Waals surface area contributed by atoms with Crippen molar-refractivity contribution >= 4 is 33.4 Å². The standard InChI is InChI=1S/C20H17ClN2/c21-17-11-5-12-18-20(17)23-19(22-18)13-4-9-15-8-3-7-14-6-1-2-10-16(14)15/h1-3,5-8,10-12H,4,9,13H2,(H,22,23). The van der Waals surface area contributed by atoms with Gasteiger partial charge in [-0.05, 0) is 41.3 Å². The first kappa shape index (κ1) is 14.3. The number of rotatable bonds is 4. The number of nitrogens with zero attached hydrogens (tertiary/aromatic N) is 1. The Morgan fingerprint density at radius 2 is 1.70 bits per heavy atom. The second kappa shape index (κ2) is 6.05. The molecule has 0 fully saturated rings. The first-order chi connectivity index (χ1) is 11.3. The van der Waals surface area contributed by atoms with Crippen molar-refractivity contribution in [3.63, 3.8) is 0 Å². The number of benzene rings is 3. The number of imidazole rings is 1. The second-order valence-corrected chi connectivity index (χ2v) is 6.22. The van der Waals surface area contributed by atoms with Crippen molar-refractivity contribution in [1.82, 2.24) is 9.97 Å². The molecule has 1 N–H and O–H groups in total. The largest absolute Gasteiger partial charge is 0.342 e. The summed E-state index contributed by atoms with van der Waals surface area (Å²) in [6.45, 7) is 0. The van der Waals surface area contributed by atoms with Crippen molar-refractivity contribution in [2.24, 2.45) is 0 Å². The normalized spacial score (nSPS) is 11.3. The smallest absolute Gasteiger partial charge is 0.107 e. The van der Waals surface area contributed by atoms with Gasteiger partial charge in [0.15, 0.2) is 0 Å². The number of para-hydroxylation sites is 1. The zero-order chi connectivity index (χ0) is 15.6. The van der Waals surface area contributed by atoms with E-state index in [2.05, 4.69) is 52.4 Å². The highest BCUT2D eigenvalue weighted by Crippen LogP contribution is 2.23. The van der Waals surface area contributed by atoms with E-state index in [1.807, 2.05) is 18.2 Å². The van der Waals surface area contributed by atoms with E-state index in [4.69, 9.17) is 11.6 Å². The summed E-state index contributed by atoms with van der Waals surface area (Å²) in [5, 5.41) is 3.36. The SMILES string of the molecule is Clc1cccc2[nH]c(CCCc3cccc4ccccc34)nc12. The second-order valence-electron chi connectivity index (χ2n) is 5.81. The van der Waals surface area contributed by atoms with E-state index in [0.29, 0.717) is 5.02 Å². The Morgan fingerprint density at radius 3 is 2.61 bits per heavy atom. The molecular weight excluding hydrogens is 304 g/mol. The van der Waals surface area contributed by atoms with Crippen LogP contribution in [0.25, 0.3) is 21.8 Å². The molecule has 114 valence electrons. The Kier molecular flexibility index (Phi) is 3.76. The fourth-order valence-electron chi connectivity index (χ4n) is 3.12. The number of fused-ring (bicyclic) bond motifs is 2. The van der Waals surface area contributed by atoms with Crippen LogP contribution in [0.15, 0.2) is 60.7 Å². The minimum absolute atomic E-state index is 0.707. The zero-order valence-electron chi connectivity index (χ0n) is 12.7. The van der Waals surface area contributed by atoms with Gasteiger partial charge in [0.2, 0.25) is 0 Å². The van der Waals surface area contributed by atoms with Gasteiger partial charge in [-0.3, -0.25) is 0 Å². The lowest BCUT2D eigenvalue weighted by Gasteiger charge is -2.05. The van der Waals surface area contributed by atoms with Crippen LogP contribution in [0.5, 0.6) is 0 Å². The lowest BCUT2D eigenvalue weighted by molar-refractivity contribution is 0.789. The van der Waals surface area contributed by atoms with Gasteiger partial charge in [-0.15, -0.1) is 0 Å².